The zero-order chi connectivity index (χ0) is 23.3. The molecule has 1 saturated carbocycles. The lowest BCUT2D eigenvalue weighted by molar-refractivity contribution is -0.148. The van der Waals surface area contributed by atoms with E-state index in [2.05, 4.69) is 12.2 Å². The maximum atomic E-state index is 13.4. The molecule has 8 nitrogen and oxygen atoms in total. The Morgan fingerprint density at radius 1 is 1.28 bits per heavy atom. The van der Waals surface area contributed by atoms with Gasteiger partial charge in [0.05, 0.1) is 18.4 Å². The number of piperidine rings is 1. The van der Waals surface area contributed by atoms with Crippen LogP contribution in [-0.4, -0.2) is 64.8 Å². The molecule has 1 saturated heterocycles. The summed E-state index contributed by atoms with van der Waals surface area (Å²) in [6.45, 7) is 5.23. The fourth-order valence-electron chi connectivity index (χ4n) is 6.47. The number of aliphatic hydroxyl groups is 2. The van der Waals surface area contributed by atoms with Gasteiger partial charge in [0.25, 0.3) is 0 Å². The van der Waals surface area contributed by atoms with E-state index in [4.69, 9.17) is 10.7 Å². The highest BCUT2D eigenvalue weighted by atomic mass is 32.1. The Balaban J connectivity index is 1.64. The summed E-state index contributed by atoms with van der Waals surface area (Å²) in [6, 6.07) is 0. The molecule has 32 heavy (non-hydrogen) atoms. The van der Waals surface area contributed by atoms with Gasteiger partial charge in [-0.25, -0.2) is 4.98 Å². The van der Waals surface area contributed by atoms with Crippen molar-refractivity contribution in [2.45, 2.75) is 64.4 Å². The summed E-state index contributed by atoms with van der Waals surface area (Å²) in [6.07, 6.45) is 3.19. The minimum Gasteiger partial charge on any atom is -0.396 e. The maximum Gasteiger partial charge on any atom is 0.223 e. The second-order valence-electron chi connectivity index (χ2n) is 10.4. The van der Waals surface area contributed by atoms with E-state index in [9.17, 15) is 19.8 Å². The highest BCUT2D eigenvalue weighted by molar-refractivity contribution is 7.15. The van der Waals surface area contributed by atoms with E-state index in [0.717, 1.165) is 28.5 Å². The molecular formula is C23H36N4O4S. The SMILES string of the molecule is CNc1nc2c(s1)CC1C(C)(CO)C(O)CCC1(C)C2CC(=O)N1CCC(C(N)=O)CC1. The number of thiazole rings is 1. The number of amides is 2. The van der Waals surface area contributed by atoms with Crippen LogP contribution in [-0.2, 0) is 16.0 Å². The molecule has 2 aliphatic carbocycles. The Hall–Kier alpha value is -1.71. The Morgan fingerprint density at radius 3 is 2.56 bits per heavy atom. The quantitative estimate of drug-likeness (QED) is 0.525. The van der Waals surface area contributed by atoms with Crippen LogP contribution in [0.15, 0.2) is 0 Å². The standard InChI is InChI=1S/C23H36N4O4S/c1-22-7-4-17(29)23(2,12-28)16(22)11-15-19(26-21(25-3)32-15)14(22)10-18(30)27-8-5-13(6-9-27)20(24)31/h13-14,16-17,28-29H,4-12H2,1-3H3,(H2,24,31)(H,25,26). The summed E-state index contributed by atoms with van der Waals surface area (Å²) in [5, 5.41) is 25.1. The lowest BCUT2D eigenvalue weighted by Crippen LogP contribution is -2.58. The van der Waals surface area contributed by atoms with Gasteiger partial charge < -0.3 is 26.2 Å². The van der Waals surface area contributed by atoms with Crippen LogP contribution >= 0.6 is 11.3 Å². The highest BCUT2D eigenvalue weighted by Gasteiger charge is 2.59. The highest BCUT2D eigenvalue weighted by Crippen LogP contribution is 2.62. The summed E-state index contributed by atoms with van der Waals surface area (Å²) in [7, 11) is 1.85. The van der Waals surface area contributed by atoms with E-state index in [1.54, 1.807) is 11.3 Å². The van der Waals surface area contributed by atoms with Crippen molar-refractivity contribution >= 4 is 28.3 Å². The van der Waals surface area contributed by atoms with Crippen LogP contribution in [0, 0.1) is 22.7 Å². The van der Waals surface area contributed by atoms with Gasteiger partial charge in [0.1, 0.15) is 0 Å². The molecule has 0 spiro atoms. The van der Waals surface area contributed by atoms with Gasteiger partial charge in [0, 0.05) is 48.7 Å². The molecule has 5 unspecified atom stereocenters. The topological polar surface area (TPSA) is 129 Å². The van der Waals surface area contributed by atoms with Crippen LogP contribution in [0.1, 0.15) is 62.4 Å². The molecule has 0 radical (unpaired) electrons. The average Bonchev–Trinajstić information content (AvgIpc) is 3.21. The van der Waals surface area contributed by atoms with Gasteiger partial charge >= 0.3 is 0 Å². The van der Waals surface area contributed by atoms with Crippen LogP contribution < -0.4 is 11.1 Å². The van der Waals surface area contributed by atoms with Crippen molar-refractivity contribution in [2.75, 3.05) is 32.1 Å². The first-order valence-electron chi connectivity index (χ1n) is 11.7. The smallest absolute Gasteiger partial charge is 0.223 e. The van der Waals surface area contributed by atoms with E-state index >= 15 is 0 Å². The lowest BCUT2D eigenvalue weighted by atomic mass is 9.47. The van der Waals surface area contributed by atoms with Crippen LogP contribution in [0.2, 0.25) is 0 Å². The van der Waals surface area contributed by atoms with Gasteiger partial charge in [-0.3, -0.25) is 9.59 Å². The molecule has 4 rings (SSSR count). The van der Waals surface area contributed by atoms with Crippen LogP contribution in [0.3, 0.4) is 0 Å². The molecule has 1 aromatic heterocycles. The number of rotatable bonds is 5. The molecule has 178 valence electrons. The first-order chi connectivity index (χ1) is 15.1. The van der Waals surface area contributed by atoms with Crippen molar-refractivity contribution in [3.05, 3.63) is 10.6 Å². The summed E-state index contributed by atoms with van der Waals surface area (Å²) in [4.78, 5) is 32.8. The normalized spacial score (nSPS) is 35.2. The number of likely N-dealkylation sites (tertiary alicyclic amines) is 1. The number of aromatic nitrogens is 1. The number of nitrogens with two attached hydrogens (primary N) is 1. The van der Waals surface area contributed by atoms with E-state index in [1.165, 1.54) is 0 Å². The number of primary amides is 1. The molecule has 1 aromatic rings. The third-order valence-corrected chi connectivity index (χ3v) is 9.85. The van der Waals surface area contributed by atoms with Crippen molar-refractivity contribution in [2.24, 2.45) is 28.4 Å². The molecule has 5 N–H and O–H groups in total. The van der Waals surface area contributed by atoms with E-state index in [1.807, 2.05) is 18.9 Å². The third-order valence-electron chi connectivity index (χ3n) is 8.74. The first kappa shape index (κ1) is 23.4. The van der Waals surface area contributed by atoms with Crippen molar-refractivity contribution in [3.63, 3.8) is 0 Å². The van der Waals surface area contributed by atoms with Gasteiger partial charge in [-0.1, -0.05) is 13.8 Å². The van der Waals surface area contributed by atoms with Crippen LogP contribution in [0.4, 0.5) is 5.13 Å². The predicted molar refractivity (Wildman–Crippen MR) is 123 cm³/mol. The number of aliphatic hydroxyl groups excluding tert-OH is 2. The number of nitrogens with zero attached hydrogens (tertiary/aromatic N) is 2. The van der Waals surface area contributed by atoms with E-state index in [-0.39, 0.29) is 41.6 Å². The van der Waals surface area contributed by atoms with Crippen molar-refractivity contribution < 1.29 is 19.8 Å². The summed E-state index contributed by atoms with van der Waals surface area (Å²) in [5.74, 6) is -0.365. The predicted octanol–water partition coefficient (Wildman–Crippen LogP) is 1.71. The van der Waals surface area contributed by atoms with Crippen molar-refractivity contribution in [1.82, 2.24) is 9.88 Å². The Morgan fingerprint density at radius 2 is 1.97 bits per heavy atom. The largest absolute Gasteiger partial charge is 0.396 e. The fourth-order valence-corrected chi connectivity index (χ4v) is 7.49. The second kappa shape index (κ2) is 8.57. The number of hydrogen-bond acceptors (Lipinski definition) is 7. The van der Waals surface area contributed by atoms with Crippen LogP contribution in [0.5, 0.6) is 0 Å². The molecule has 2 fully saturated rings. The monoisotopic (exact) mass is 464 g/mol. The minimum atomic E-state index is -0.615. The molecule has 0 aromatic carbocycles. The van der Waals surface area contributed by atoms with Gasteiger partial charge in [0.15, 0.2) is 5.13 Å². The number of nitrogens with one attached hydrogen (secondary N) is 1. The van der Waals surface area contributed by atoms with Crippen LogP contribution in [0.25, 0.3) is 0 Å². The Kier molecular flexibility index (Phi) is 6.28. The number of anilines is 1. The Labute approximate surface area is 193 Å². The summed E-state index contributed by atoms with van der Waals surface area (Å²) < 4.78 is 0. The molecule has 5 atom stereocenters. The first-order valence-corrected chi connectivity index (χ1v) is 12.5. The second-order valence-corrected chi connectivity index (χ2v) is 11.5. The fraction of sp³-hybridized carbons (Fsp3) is 0.783. The number of carbonyl (C=O) groups excluding carboxylic acids is 2. The van der Waals surface area contributed by atoms with Gasteiger partial charge in [-0.15, -0.1) is 11.3 Å². The van der Waals surface area contributed by atoms with Crippen molar-refractivity contribution in [1.29, 1.82) is 0 Å². The molecule has 9 heteroatoms. The molecule has 2 amide bonds. The molecule has 1 aliphatic heterocycles. The third kappa shape index (κ3) is 3.72. The van der Waals surface area contributed by atoms with Crippen molar-refractivity contribution in [3.8, 4) is 0 Å². The zero-order valence-corrected chi connectivity index (χ0v) is 20.1. The summed E-state index contributed by atoms with van der Waals surface area (Å²) in [5.41, 5.74) is 5.58. The molecule has 0 bridgehead atoms. The van der Waals surface area contributed by atoms with E-state index in [0.29, 0.717) is 38.8 Å². The molecular weight excluding hydrogens is 428 g/mol. The molecule has 3 aliphatic rings. The molecule has 2 heterocycles. The summed E-state index contributed by atoms with van der Waals surface area (Å²) >= 11 is 1.61. The maximum absolute atomic E-state index is 13.4. The van der Waals surface area contributed by atoms with Gasteiger partial charge in [-0.05, 0) is 43.4 Å². The van der Waals surface area contributed by atoms with Gasteiger partial charge in [0.2, 0.25) is 11.8 Å². The Bertz CT molecular complexity index is 883. The zero-order valence-electron chi connectivity index (χ0n) is 19.3. The number of hydrogen-bond donors (Lipinski definition) is 4. The van der Waals surface area contributed by atoms with E-state index < -0.39 is 11.5 Å². The lowest BCUT2D eigenvalue weighted by Gasteiger charge is -2.58. The average molecular weight is 465 g/mol. The van der Waals surface area contributed by atoms with Gasteiger partial charge in [-0.2, -0.15) is 0 Å². The minimum absolute atomic E-state index is 0.0554. The number of carbonyl (C=O) groups is 2. The number of fused-ring (bicyclic) bond motifs is 2.